The SMILES string of the molecule is CNc1ccc(C(=O)N2CCCCCC2C)cc1. The molecule has 0 spiro atoms. The van der Waals surface area contributed by atoms with Crippen LogP contribution in [0, 0.1) is 0 Å². The Morgan fingerprint density at radius 3 is 2.61 bits per heavy atom. The summed E-state index contributed by atoms with van der Waals surface area (Å²) in [5.41, 5.74) is 1.83. The van der Waals surface area contributed by atoms with Crippen molar-refractivity contribution in [2.75, 3.05) is 18.9 Å². The average Bonchev–Trinajstić information content (AvgIpc) is 2.63. The van der Waals surface area contributed by atoms with Gasteiger partial charge in [-0.1, -0.05) is 12.8 Å². The fourth-order valence-corrected chi connectivity index (χ4v) is 2.52. The minimum absolute atomic E-state index is 0.173. The molecule has 1 amide bonds. The molecule has 1 aromatic carbocycles. The van der Waals surface area contributed by atoms with Crippen LogP contribution in [0.15, 0.2) is 24.3 Å². The van der Waals surface area contributed by atoms with Crippen molar-refractivity contribution >= 4 is 11.6 Å². The van der Waals surface area contributed by atoms with Gasteiger partial charge in [-0.25, -0.2) is 0 Å². The molecule has 18 heavy (non-hydrogen) atoms. The van der Waals surface area contributed by atoms with Gasteiger partial charge in [0.25, 0.3) is 5.91 Å². The lowest BCUT2D eigenvalue weighted by molar-refractivity contribution is 0.0698. The number of anilines is 1. The van der Waals surface area contributed by atoms with Gasteiger partial charge in [-0.2, -0.15) is 0 Å². The molecule has 1 aliphatic heterocycles. The summed E-state index contributed by atoms with van der Waals surface area (Å²) in [4.78, 5) is 14.5. The molecule has 98 valence electrons. The van der Waals surface area contributed by atoms with Gasteiger partial charge in [-0.05, 0) is 44.0 Å². The van der Waals surface area contributed by atoms with Crippen LogP contribution < -0.4 is 5.32 Å². The number of nitrogens with zero attached hydrogens (tertiary/aromatic N) is 1. The van der Waals surface area contributed by atoms with Crippen LogP contribution >= 0.6 is 0 Å². The maximum atomic E-state index is 12.5. The second kappa shape index (κ2) is 5.89. The number of carbonyl (C=O) groups is 1. The van der Waals surface area contributed by atoms with E-state index in [2.05, 4.69) is 12.2 Å². The minimum atomic E-state index is 0.173. The van der Waals surface area contributed by atoms with Gasteiger partial charge in [-0.15, -0.1) is 0 Å². The van der Waals surface area contributed by atoms with Gasteiger partial charge in [0.05, 0.1) is 0 Å². The molecule has 3 nitrogen and oxygen atoms in total. The number of amides is 1. The lowest BCUT2D eigenvalue weighted by Crippen LogP contribution is -2.38. The molecule has 0 saturated carbocycles. The smallest absolute Gasteiger partial charge is 0.254 e. The Bertz CT molecular complexity index is 399. The Hall–Kier alpha value is -1.51. The minimum Gasteiger partial charge on any atom is -0.388 e. The predicted molar refractivity (Wildman–Crippen MR) is 75.0 cm³/mol. The fraction of sp³-hybridized carbons (Fsp3) is 0.533. The van der Waals surface area contributed by atoms with Crippen molar-refractivity contribution in [3.05, 3.63) is 29.8 Å². The number of rotatable bonds is 2. The third kappa shape index (κ3) is 2.84. The molecular formula is C15H22N2O. The number of nitrogens with one attached hydrogen (secondary N) is 1. The van der Waals surface area contributed by atoms with E-state index in [1.807, 2.05) is 36.2 Å². The zero-order valence-electron chi connectivity index (χ0n) is 11.3. The molecule has 3 heteroatoms. The van der Waals surface area contributed by atoms with Gasteiger partial charge in [0.1, 0.15) is 0 Å². The number of hydrogen-bond donors (Lipinski definition) is 1. The van der Waals surface area contributed by atoms with Crippen LogP contribution in [0.2, 0.25) is 0 Å². The van der Waals surface area contributed by atoms with E-state index in [1.165, 1.54) is 12.8 Å². The number of likely N-dealkylation sites (tertiary alicyclic amines) is 1. The summed E-state index contributed by atoms with van der Waals surface area (Å²) in [5.74, 6) is 0.173. The molecule has 1 aliphatic rings. The second-order valence-electron chi connectivity index (χ2n) is 5.02. The molecule has 1 aromatic rings. The van der Waals surface area contributed by atoms with Crippen LogP contribution in [-0.4, -0.2) is 30.4 Å². The van der Waals surface area contributed by atoms with E-state index in [0.717, 1.165) is 30.6 Å². The Morgan fingerprint density at radius 1 is 1.22 bits per heavy atom. The summed E-state index contributed by atoms with van der Waals surface area (Å²) in [6.45, 7) is 3.05. The number of hydrogen-bond acceptors (Lipinski definition) is 2. The van der Waals surface area contributed by atoms with Crippen molar-refractivity contribution in [3.63, 3.8) is 0 Å². The molecule has 2 rings (SSSR count). The molecule has 0 aliphatic carbocycles. The summed E-state index contributed by atoms with van der Waals surface area (Å²) >= 11 is 0. The maximum absolute atomic E-state index is 12.5. The highest BCUT2D eigenvalue weighted by Gasteiger charge is 2.22. The summed E-state index contributed by atoms with van der Waals surface area (Å²) in [6, 6.07) is 8.09. The van der Waals surface area contributed by atoms with Crippen molar-refractivity contribution in [2.45, 2.75) is 38.6 Å². The van der Waals surface area contributed by atoms with E-state index in [-0.39, 0.29) is 5.91 Å². The van der Waals surface area contributed by atoms with Crippen molar-refractivity contribution in [1.82, 2.24) is 4.90 Å². The van der Waals surface area contributed by atoms with Crippen molar-refractivity contribution in [3.8, 4) is 0 Å². The van der Waals surface area contributed by atoms with E-state index < -0.39 is 0 Å². The van der Waals surface area contributed by atoms with E-state index in [9.17, 15) is 4.79 Å². The van der Waals surface area contributed by atoms with Crippen LogP contribution in [0.4, 0.5) is 5.69 Å². The van der Waals surface area contributed by atoms with E-state index >= 15 is 0 Å². The van der Waals surface area contributed by atoms with Gasteiger partial charge >= 0.3 is 0 Å². The Balaban J connectivity index is 2.13. The summed E-state index contributed by atoms with van der Waals surface area (Å²) < 4.78 is 0. The molecule has 0 aromatic heterocycles. The molecule has 1 atom stereocenters. The standard InChI is InChI=1S/C15H22N2O/c1-12-6-4-3-5-11-17(12)15(18)13-7-9-14(16-2)10-8-13/h7-10,12,16H,3-6,11H2,1-2H3. The highest BCUT2D eigenvalue weighted by Crippen LogP contribution is 2.19. The van der Waals surface area contributed by atoms with E-state index in [4.69, 9.17) is 0 Å². The van der Waals surface area contributed by atoms with Crippen molar-refractivity contribution in [2.24, 2.45) is 0 Å². The lowest BCUT2D eigenvalue weighted by Gasteiger charge is -2.27. The van der Waals surface area contributed by atoms with Crippen LogP contribution in [0.3, 0.4) is 0 Å². The van der Waals surface area contributed by atoms with Gasteiger partial charge in [0.15, 0.2) is 0 Å². The zero-order valence-corrected chi connectivity index (χ0v) is 11.3. The first-order valence-electron chi connectivity index (χ1n) is 6.81. The number of benzene rings is 1. The predicted octanol–water partition coefficient (Wildman–Crippen LogP) is 3.13. The normalized spacial score (nSPS) is 20.3. The first kappa shape index (κ1) is 12.9. The maximum Gasteiger partial charge on any atom is 0.254 e. The molecular weight excluding hydrogens is 224 g/mol. The Kier molecular flexibility index (Phi) is 4.24. The van der Waals surface area contributed by atoms with Gasteiger partial charge in [0, 0.05) is 30.9 Å². The van der Waals surface area contributed by atoms with E-state index in [1.54, 1.807) is 0 Å². The molecule has 1 unspecified atom stereocenters. The number of carbonyl (C=O) groups excluding carboxylic acids is 1. The first-order chi connectivity index (χ1) is 8.72. The fourth-order valence-electron chi connectivity index (χ4n) is 2.52. The first-order valence-corrected chi connectivity index (χ1v) is 6.81. The van der Waals surface area contributed by atoms with Crippen LogP contribution in [-0.2, 0) is 0 Å². The molecule has 1 N–H and O–H groups in total. The topological polar surface area (TPSA) is 32.3 Å². The van der Waals surface area contributed by atoms with Crippen LogP contribution in [0.25, 0.3) is 0 Å². The monoisotopic (exact) mass is 246 g/mol. The summed E-state index contributed by atoms with van der Waals surface area (Å²) in [6.07, 6.45) is 4.74. The lowest BCUT2D eigenvalue weighted by atomic mass is 10.1. The zero-order chi connectivity index (χ0) is 13.0. The average molecular weight is 246 g/mol. The van der Waals surface area contributed by atoms with Gasteiger partial charge in [0.2, 0.25) is 0 Å². The second-order valence-corrected chi connectivity index (χ2v) is 5.02. The molecule has 1 fully saturated rings. The van der Waals surface area contributed by atoms with Crippen molar-refractivity contribution in [1.29, 1.82) is 0 Å². The molecule has 0 bridgehead atoms. The van der Waals surface area contributed by atoms with Crippen molar-refractivity contribution < 1.29 is 4.79 Å². The third-order valence-electron chi connectivity index (χ3n) is 3.73. The van der Waals surface area contributed by atoms with Crippen LogP contribution in [0.1, 0.15) is 43.0 Å². The Labute approximate surface area is 109 Å². The largest absolute Gasteiger partial charge is 0.388 e. The highest BCUT2D eigenvalue weighted by molar-refractivity contribution is 5.94. The van der Waals surface area contributed by atoms with Gasteiger partial charge < -0.3 is 10.2 Å². The Morgan fingerprint density at radius 2 is 1.94 bits per heavy atom. The molecule has 0 radical (unpaired) electrons. The highest BCUT2D eigenvalue weighted by atomic mass is 16.2. The quantitative estimate of drug-likeness (QED) is 0.869. The molecule has 1 saturated heterocycles. The third-order valence-corrected chi connectivity index (χ3v) is 3.73. The van der Waals surface area contributed by atoms with E-state index in [0.29, 0.717) is 6.04 Å². The van der Waals surface area contributed by atoms with Gasteiger partial charge in [-0.3, -0.25) is 4.79 Å². The summed E-state index contributed by atoms with van der Waals surface area (Å²) in [5, 5.41) is 3.07. The van der Waals surface area contributed by atoms with Crippen LogP contribution in [0.5, 0.6) is 0 Å². The summed E-state index contributed by atoms with van der Waals surface area (Å²) in [7, 11) is 1.88. The molecule has 1 heterocycles.